The first-order valence-corrected chi connectivity index (χ1v) is 8.92. The highest BCUT2D eigenvalue weighted by Gasteiger charge is 2.29. The Bertz CT molecular complexity index is 500. The minimum absolute atomic E-state index is 0.299. The maximum absolute atomic E-state index is 9.57. The third kappa shape index (κ3) is 4.69. The molecule has 0 spiro atoms. The molecule has 1 aromatic carbocycles. The lowest BCUT2D eigenvalue weighted by atomic mass is 10.0. The second-order valence-electron chi connectivity index (χ2n) is 7.31. The number of phenolic OH excluding ortho intramolecular Hbond substituents is 1. The van der Waals surface area contributed by atoms with E-state index in [4.69, 9.17) is 4.74 Å². The van der Waals surface area contributed by atoms with Gasteiger partial charge in [0.05, 0.1) is 12.2 Å². The molecule has 0 aromatic heterocycles. The second kappa shape index (κ2) is 7.65. The quantitative estimate of drug-likeness (QED) is 0.905. The number of piperidine rings is 1. The highest BCUT2D eigenvalue weighted by molar-refractivity contribution is 5.27. The van der Waals surface area contributed by atoms with E-state index in [9.17, 15) is 5.11 Å². The maximum Gasteiger partial charge on any atom is 0.115 e. The summed E-state index contributed by atoms with van der Waals surface area (Å²) in [7, 11) is 4.46. The van der Waals surface area contributed by atoms with Crippen LogP contribution in [-0.4, -0.2) is 66.9 Å². The van der Waals surface area contributed by atoms with E-state index in [-0.39, 0.29) is 0 Å². The molecule has 2 aliphatic rings. The van der Waals surface area contributed by atoms with Gasteiger partial charge < -0.3 is 19.6 Å². The Hall–Kier alpha value is -1.10. The summed E-state index contributed by atoms with van der Waals surface area (Å²) in [5.41, 5.74) is 1.17. The fourth-order valence-corrected chi connectivity index (χ4v) is 3.92. The van der Waals surface area contributed by atoms with Crippen LogP contribution < -0.4 is 0 Å². The molecule has 1 aromatic rings. The Morgan fingerprint density at radius 2 is 1.91 bits per heavy atom. The summed E-state index contributed by atoms with van der Waals surface area (Å²) in [4.78, 5) is 4.93. The number of likely N-dealkylation sites (N-methyl/N-ethyl adjacent to an activating group) is 1. The van der Waals surface area contributed by atoms with Gasteiger partial charge in [0.15, 0.2) is 0 Å². The van der Waals surface area contributed by atoms with E-state index in [1.807, 2.05) is 12.1 Å². The zero-order valence-corrected chi connectivity index (χ0v) is 14.4. The summed E-state index contributed by atoms with van der Waals surface area (Å²) in [6.07, 6.45) is 6.39. The van der Waals surface area contributed by atoms with Crippen LogP contribution >= 0.6 is 0 Å². The molecule has 2 atom stereocenters. The van der Waals surface area contributed by atoms with Crippen molar-refractivity contribution >= 4 is 0 Å². The number of likely N-dealkylation sites (tertiary alicyclic amines) is 1. The SMILES string of the molecule is CN1CCC(N(C)C[C@H]2CC[C@@H](Cc3cccc(O)c3)O2)CC1. The van der Waals surface area contributed by atoms with Crippen LogP contribution in [0.3, 0.4) is 0 Å². The first kappa shape index (κ1) is 16.7. The molecule has 0 unspecified atom stereocenters. The van der Waals surface area contributed by atoms with Crippen LogP contribution in [0.4, 0.5) is 0 Å². The average Bonchev–Trinajstić information content (AvgIpc) is 2.95. The van der Waals surface area contributed by atoms with E-state index in [0.717, 1.165) is 25.8 Å². The van der Waals surface area contributed by atoms with Gasteiger partial charge in [0.1, 0.15) is 5.75 Å². The van der Waals surface area contributed by atoms with Crippen LogP contribution in [0.25, 0.3) is 0 Å². The summed E-state index contributed by atoms with van der Waals surface area (Å²) in [5, 5.41) is 9.57. The average molecular weight is 318 g/mol. The molecule has 0 radical (unpaired) electrons. The highest BCUT2D eigenvalue weighted by atomic mass is 16.5. The largest absolute Gasteiger partial charge is 0.508 e. The van der Waals surface area contributed by atoms with E-state index in [2.05, 4.69) is 30.0 Å². The van der Waals surface area contributed by atoms with Crippen LogP contribution in [0.1, 0.15) is 31.2 Å². The number of phenols is 1. The van der Waals surface area contributed by atoms with Crippen molar-refractivity contribution in [3.63, 3.8) is 0 Å². The van der Waals surface area contributed by atoms with Crippen LogP contribution in [0.15, 0.2) is 24.3 Å². The Labute approximate surface area is 140 Å². The van der Waals surface area contributed by atoms with Gasteiger partial charge in [-0.2, -0.15) is 0 Å². The standard InChI is InChI=1S/C19H30N2O2/c1-20-10-8-16(9-11-20)21(2)14-19-7-6-18(23-19)13-15-4-3-5-17(22)12-15/h3-5,12,16,18-19,22H,6-11,13-14H2,1-2H3/t18-,19+/m0/s1. The van der Waals surface area contributed by atoms with Gasteiger partial charge in [-0.15, -0.1) is 0 Å². The van der Waals surface area contributed by atoms with Gasteiger partial charge in [-0.1, -0.05) is 12.1 Å². The van der Waals surface area contributed by atoms with Crippen molar-refractivity contribution in [3.8, 4) is 5.75 Å². The molecule has 2 saturated heterocycles. The number of hydrogen-bond acceptors (Lipinski definition) is 4. The zero-order chi connectivity index (χ0) is 16.2. The summed E-state index contributed by atoms with van der Waals surface area (Å²) < 4.78 is 6.25. The second-order valence-corrected chi connectivity index (χ2v) is 7.31. The highest BCUT2D eigenvalue weighted by Crippen LogP contribution is 2.25. The third-order valence-corrected chi connectivity index (χ3v) is 5.37. The topological polar surface area (TPSA) is 35.9 Å². The van der Waals surface area contributed by atoms with Crippen molar-refractivity contribution in [2.45, 2.75) is 50.4 Å². The molecule has 2 heterocycles. The van der Waals surface area contributed by atoms with E-state index in [1.165, 1.54) is 31.5 Å². The molecule has 0 amide bonds. The van der Waals surface area contributed by atoms with Crippen LogP contribution in [0, 0.1) is 0 Å². The number of aromatic hydroxyl groups is 1. The number of ether oxygens (including phenoxy) is 1. The van der Waals surface area contributed by atoms with Gasteiger partial charge >= 0.3 is 0 Å². The van der Waals surface area contributed by atoms with Crippen molar-refractivity contribution in [3.05, 3.63) is 29.8 Å². The van der Waals surface area contributed by atoms with E-state index in [0.29, 0.717) is 24.0 Å². The minimum Gasteiger partial charge on any atom is -0.508 e. The molecule has 3 rings (SSSR count). The molecule has 1 N–H and O–H groups in total. The normalized spacial score (nSPS) is 26.9. The van der Waals surface area contributed by atoms with Gasteiger partial charge in [-0.05, 0) is 77.0 Å². The van der Waals surface area contributed by atoms with E-state index in [1.54, 1.807) is 6.07 Å². The van der Waals surface area contributed by atoms with Gasteiger partial charge in [-0.25, -0.2) is 0 Å². The molecule has 0 bridgehead atoms. The lowest BCUT2D eigenvalue weighted by Gasteiger charge is -2.36. The molecular weight excluding hydrogens is 288 g/mol. The summed E-state index contributed by atoms with van der Waals surface area (Å²) in [6, 6.07) is 8.26. The number of hydrogen-bond donors (Lipinski definition) is 1. The smallest absolute Gasteiger partial charge is 0.115 e. The van der Waals surface area contributed by atoms with Gasteiger partial charge in [0, 0.05) is 12.6 Å². The van der Waals surface area contributed by atoms with Crippen LogP contribution in [0.5, 0.6) is 5.75 Å². The predicted octanol–water partition coefficient (Wildman–Crippen LogP) is 2.51. The first-order valence-electron chi connectivity index (χ1n) is 8.92. The fourth-order valence-electron chi connectivity index (χ4n) is 3.92. The first-order chi connectivity index (χ1) is 11.1. The van der Waals surface area contributed by atoms with Crippen LogP contribution in [-0.2, 0) is 11.2 Å². The molecule has 0 aliphatic carbocycles. The van der Waals surface area contributed by atoms with Gasteiger partial charge in [-0.3, -0.25) is 0 Å². The van der Waals surface area contributed by atoms with Crippen molar-refractivity contribution in [2.75, 3.05) is 33.7 Å². The Balaban J connectivity index is 1.44. The summed E-state index contributed by atoms with van der Waals surface area (Å²) >= 11 is 0. The molecule has 0 saturated carbocycles. The lowest BCUT2D eigenvalue weighted by molar-refractivity contribution is 0.0144. The number of rotatable bonds is 5. The minimum atomic E-state index is 0.299. The van der Waals surface area contributed by atoms with E-state index < -0.39 is 0 Å². The number of nitrogens with zero attached hydrogens (tertiary/aromatic N) is 2. The molecule has 2 aliphatic heterocycles. The fraction of sp³-hybridized carbons (Fsp3) is 0.684. The Kier molecular flexibility index (Phi) is 5.57. The van der Waals surface area contributed by atoms with Crippen molar-refractivity contribution in [1.82, 2.24) is 9.80 Å². The monoisotopic (exact) mass is 318 g/mol. The maximum atomic E-state index is 9.57. The number of benzene rings is 1. The summed E-state index contributed by atoms with van der Waals surface area (Å²) in [5.74, 6) is 0.346. The van der Waals surface area contributed by atoms with Gasteiger partial charge in [0.25, 0.3) is 0 Å². The molecule has 128 valence electrons. The lowest BCUT2D eigenvalue weighted by Crippen LogP contribution is -2.44. The van der Waals surface area contributed by atoms with Crippen LogP contribution in [0.2, 0.25) is 0 Å². The zero-order valence-electron chi connectivity index (χ0n) is 14.4. The molecule has 4 heteroatoms. The molecule has 2 fully saturated rings. The van der Waals surface area contributed by atoms with Crippen molar-refractivity contribution in [2.24, 2.45) is 0 Å². The Morgan fingerprint density at radius 3 is 2.65 bits per heavy atom. The van der Waals surface area contributed by atoms with Crippen molar-refractivity contribution < 1.29 is 9.84 Å². The van der Waals surface area contributed by atoms with Gasteiger partial charge in [0.2, 0.25) is 0 Å². The van der Waals surface area contributed by atoms with E-state index >= 15 is 0 Å². The molecule has 4 nitrogen and oxygen atoms in total. The third-order valence-electron chi connectivity index (χ3n) is 5.37. The van der Waals surface area contributed by atoms with Crippen molar-refractivity contribution in [1.29, 1.82) is 0 Å². The molecule has 23 heavy (non-hydrogen) atoms. The summed E-state index contributed by atoms with van der Waals surface area (Å²) in [6.45, 7) is 3.46. The Morgan fingerprint density at radius 1 is 1.17 bits per heavy atom. The predicted molar refractivity (Wildman–Crippen MR) is 92.9 cm³/mol. The molecular formula is C19H30N2O2.